The zero-order valence-corrected chi connectivity index (χ0v) is 7.07. The van der Waals surface area contributed by atoms with Crippen molar-refractivity contribution in [2.45, 2.75) is 20.5 Å². The minimum Gasteiger partial charge on any atom is -0.459 e. The second kappa shape index (κ2) is 3.80. The first kappa shape index (κ1) is 8.64. The number of ether oxygens (including phenoxy) is 1. The van der Waals surface area contributed by atoms with E-state index in [2.05, 4.69) is 9.97 Å². The molecular formula is C8H10N2O2. The first-order valence-corrected chi connectivity index (χ1v) is 3.60. The van der Waals surface area contributed by atoms with Crippen LogP contribution in [0.2, 0.25) is 0 Å². The highest BCUT2D eigenvalue weighted by Crippen LogP contribution is 2.00. The normalized spacial score (nSPS) is 9.50. The van der Waals surface area contributed by atoms with Crippen LogP contribution in [0.4, 0.5) is 0 Å². The molecule has 0 bridgehead atoms. The molecule has 0 fully saturated rings. The van der Waals surface area contributed by atoms with Gasteiger partial charge in [-0.2, -0.15) is 0 Å². The number of aromatic nitrogens is 2. The van der Waals surface area contributed by atoms with Crippen LogP contribution in [-0.4, -0.2) is 15.9 Å². The third-order valence-corrected chi connectivity index (χ3v) is 1.40. The number of hydrogen-bond acceptors (Lipinski definition) is 4. The fraction of sp³-hybridized carbons (Fsp3) is 0.375. The second-order valence-corrected chi connectivity index (χ2v) is 2.37. The molecule has 0 amide bonds. The maximum Gasteiger partial charge on any atom is 0.303 e. The highest BCUT2D eigenvalue weighted by Gasteiger charge is 2.01. The molecule has 1 aromatic heterocycles. The van der Waals surface area contributed by atoms with Crippen molar-refractivity contribution >= 4 is 5.97 Å². The van der Waals surface area contributed by atoms with Crippen molar-refractivity contribution in [3.05, 3.63) is 23.8 Å². The molecule has 0 saturated carbocycles. The van der Waals surface area contributed by atoms with E-state index in [1.165, 1.54) is 6.92 Å². The summed E-state index contributed by atoms with van der Waals surface area (Å²) in [6.07, 6.45) is 3.18. The van der Waals surface area contributed by atoms with E-state index in [0.717, 1.165) is 5.69 Å². The van der Waals surface area contributed by atoms with Crippen LogP contribution in [0.1, 0.15) is 18.3 Å². The number of carbonyl (C=O) groups is 1. The van der Waals surface area contributed by atoms with E-state index in [0.29, 0.717) is 5.69 Å². The zero-order chi connectivity index (χ0) is 8.97. The van der Waals surface area contributed by atoms with Gasteiger partial charge < -0.3 is 4.74 Å². The van der Waals surface area contributed by atoms with Gasteiger partial charge in [-0.1, -0.05) is 0 Å². The molecule has 0 spiro atoms. The summed E-state index contributed by atoms with van der Waals surface area (Å²) in [5, 5.41) is 0. The Labute approximate surface area is 70.6 Å². The van der Waals surface area contributed by atoms with Crippen LogP contribution in [0, 0.1) is 6.92 Å². The number of aryl methyl sites for hydroxylation is 1. The molecule has 1 heterocycles. The van der Waals surface area contributed by atoms with Gasteiger partial charge in [-0.3, -0.25) is 14.8 Å². The minimum absolute atomic E-state index is 0.203. The molecule has 0 N–H and O–H groups in total. The Kier molecular flexibility index (Phi) is 2.74. The summed E-state index contributed by atoms with van der Waals surface area (Å²) in [5.74, 6) is -0.306. The number of esters is 1. The van der Waals surface area contributed by atoms with E-state index in [9.17, 15) is 4.79 Å². The van der Waals surface area contributed by atoms with Crippen LogP contribution >= 0.6 is 0 Å². The number of rotatable bonds is 2. The summed E-state index contributed by atoms with van der Waals surface area (Å²) in [6.45, 7) is 3.40. The van der Waals surface area contributed by atoms with Crippen molar-refractivity contribution in [2.75, 3.05) is 0 Å². The van der Waals surface area contributed by atoms with E-state index >= 15 is 0 Å². The summed E-state index contributed by atoms with van der Waals surface area (Å²) in [6, 6.07) is 0. The van der Waals surface area contributed by atoms with Crippen LogP contribution in [0.3, 0.4) is 0 Å². The van der Waals surface area contributed by atoms with Gasteiger partial charge in [-0.25, -0.2) is 0 Å². The minimum atomic E-state index is -0.306. The van der Waals surface area contributed by atoms with E-state index in [-0.39, 0.29) is 12.6 Å². The maximum atomic E-state index is 10.5. The predicted molar refractivity (Wildman–Crippen MR) is 42.2 cm³/mol. The summed E-state index contributed by atoms with van der Waals surface area (Å²) < 4.78 is 4.77. The zero-order valence-electron chi connectivity index (χ0n) is 7.07. The van der Waals surface area contributed by atoms with Crippen LogP contribution in [0.5, 0.6) is 0 Å². The van der Waals surface area contributed by atoms with Crippen molar-refractivity contribution < 1.29 is 9.53 Å². The van der Waals surface area contributed by atoms with Gasteiger partial charge in [0, 0.05) is 19.3 Å². The molecule has 1 rings (SSSR count). The van der Waals surface area contributed by atoms with Gasteiger partial charge in [-0.05, 0) is 6.92 Å². The largest absolute Gasteiger partial charge is 0.459 e. The number of hydrogen-bond donors (Lipinski definition) is 0. The second-order valence-electron chi connectivity index (χ2n) is 2.37. The molecule has 0 radical (unpaired) electrons. The van der Waals surface area contributed by atoms with Crippen molar-refractivity contribution in [3.63, 3.8) is 0 Å². The van der Waals surface area contributed by atoms with Gasteiger partial charge in [-0.15, -0.1) is 0 Å². The molecular weight excluding hydrogens is 156 g/mol. The average molecular weight is 166 g/mol. The summed E-state index contributed by atoms with van der Waals surface area (Å²) in [4.78, 5) is 18.5. The Morgan fingerprint density at radius 3 is 2.75 bits per heavy atom. The van der Waals surface area contributed by atoms with Crippen molar-refractivity contribution in [1.82, 2.24) is 9.97 Å². The Morgan fingerprint density at radius 1 is 1.50 bits per heavy atom. The molecule has 0 aromatic carbocycles. The first-order valence-electron chi connectivity index (χ1n) is 3.60. The van der Waals surface area contributed by atoms with Gasteiger partial charge in [0.1, 0.15) is 6.61 Å². The Balaban J connectivity index is 2.63. The molecule has 0 aliphatic carbocycles. The number of carbonyl (C=O) groups excluding carboxylic acids is 1. The molecule has 0 saturated heterocycles. The van der Waals surface area contributed by atoms with Crippen molar-refractivity contribution in [1.29, 1.82) is 0 Å². The van der Waals surface area contributed by atoms with Gasteiger partial charge in [0.05, 0.1) is 11.4 Å². The van der Waals surface area contributed by atoms with E-state index in [1.54, 1.807) is 12.4 Å². The lowest BCUT2D eigenvalue weighted by Crippen LogP contribution is -2.03. The fourth-order valence-electron chi connectivity index (χ4n) is 0.748. The van der Waals surface area contributed by atoms with E-state index in [4.69, 9.17) is 4.74 Å². The molecule has 4 nitrogen and oxygen atoms in total. The Morgan fingerprint density at radius 2 is 2.17 bits per heavy atom. The standard InChI is InChI=1S/C8H10N2O2/c1-6-8(5-12-7(2)11)10-4-3-9-6/h3-4H,5H2,1-2H3. The summed E-state index contributed by atoms with van der Waals surface area (Å²) in [7, 11) is 0. The molecule has 4 heteroatoms. The topological polar surface area (TPSA) is 52.1 Å². The smallest absolute Gasteiger partial charge is 0.303 e. The Hall–Kier alpha value is -1.45. The predicted octanol–water partition coefficient (Wildman–Crippen LogP) is 0.848. The molecule has 0 aliphatic heterocycles. The quantitative estimate of drug-likeness (QED) is 0.611. The highest BCUT2D eigenvalue weighted by molar-refractivity contribution is 5.65. The van der Waals surface area contributed by atoms with E-state index < -0.39 is 0 Å². The molecule has 0 unspecified atom stereocenters. The fourth-order valence-corrected chi connectivity index (χ4v) is 0.748. The van der Waals surface area contributed by atoms with Crippen LogP contribution in [0.25, 0.3) is 0 Å². The SMILES string of the molecule is CC(=O)OCc1nccnc1C. The van der Waals surface area contributed by atoms with Gasteiger partial charge >= 0.3 is 5.97 Å². The monoisotopic (exact) mass is 166 g/mol. The van der Waals surface area contributed by atoms with Crippen molar-refractivity contribution in [3.8, 4) is 0 Å². The molecule has 0 atom stereocenters. The molecule has 64 valence electrons. The highest BCUT2D eigenvalue weighted by atomic mass is 16.5. The lowest BCUT2D eigenvalue weighted by Gasteiger charge is -2.02. The first-order chi connectivity index (χ1) is 5.70. The lowest BCUT2D eigenvalue weighted by atomic mass is 10.3. The van der Waals surface area contributed by atoms with Crippen LogP contribution in [0.15, 0.2) is 12.4 Å². The third-order valence-electron chi connectivity index (χ3n) is 1.40. The average Bonchev–Trinajstić information content (AvgIpc) is 2.03. The van der Waals surface area contributed by atoms with Gasteiger partial charge in [0.15, 0.2) is 0 Å². The van der Waals surface area contributed by atoms with Crippen LogP contribution in [-0.2, 0) is 16.1 Å². The summed E-state index contributed by atoms with van der Waals surface area (Å²) >= 11 is 0. The molecule has 12 heavy (non-hydrogen) atoms. The maximum absolute atomic E-state index is 10.5. The van der Waals surface area contributed by atoms with Crippen molar-refractivity contribution in [2.24, 2.45) is 0 Å². The van der Waals surface area contributed by atoms with Gasteiger partial charge in [0.2, 0.25) is 0 Å². The molecule has 1 aromatic rings. The number of nitrogens with zero attached hydrogens (tertiary/aromatic N) is 2. The third kappa shape index (κ3) is 2.30. The lowest BCUT2D eigenvalue weighted by molar-refractivity contribution is -0.142. The van der Waals surface area contributed by atoms with Gasteiger partial charge in [0.25, 0.3) is 0 Å². The van der Waals surface area contributed by atoms with Crippen LogP contribution < -0.4 is 0 Å². The molecule has 0 aliphatic rings. The summed E-state index contributed by atoms with van der Waals surface area (Å²) in [5.41, 5.74) is 1.49. The Bertz CT molecular complexity index is 286. The van der Waals surface area contributed by atoms with E-state index in [1.807, 2.05) is 6.92 Å².